The van der Waals surface area contributed by atoms with Gasteiger partial charge in [-0.05, 0) is 55.0 Å². The highest BCUT2D eigenvalue weighted by molar-refractivity contribution is 6.31. The maximum atomic E-state index is 14.3. The lowest BCUT2D eigenvalue weighted by Gasteiger charge is -2.27. The van der Waals surface area contributed by atoms with E-state index in [4.69, 9.17) is 16.3 Å². The minimum Gasteiger partial charge on any atom is -0.481 e. The fourth-order valence-corrected chi connectivity index (χ4v) is 3.01. The molecule has 0 aliphatic carbocycles. The minimum atomic E-state index is -0.868. The van der Waals surface area contributed by atoms with Crippen LogP contribution in [0.5, 0.6) is 5.75 Å². The lowest BCUT2D eigenvalue weighted by molar-refractivity contribution is -0.125. The molecule has 3 rings (SSSR count). The molecule has 0 spiro atoms. The average Bonchev–Trinajstić information content (AvgIpc) is 2.73. The molecule has 0 unspecified atom stereocenters. The number of benzene rings is 2. The van der Waals surface area contributed by atoms with Gasteiger partial charge in [0.2, 0.25) is 0 Å². The standard InChI is InChI=1S/C22H19ClF2N2O2/c1-2-20(29-16-11-9-15(24)10-12-16)22(28)27(21-8-3-4-13-26-21)14-17-18(23)6-5-7-19(17)25/h3-13,20H,2,14H2,1H3/t20-/m0/s1. The smallest absolute Gasteiger partial charge is 0.269 e. The van der Waals surface area contributed by atoms with Crippen LogP contribution >= 0.6 is 11.6 Å². The molecule has 0 bridgehead atoms. The number of hydrogen-bond acceptors (Lipinski definition) is 3. The Morgan fingerprint density at radius 3 is 2.48 bits per heavy atom. The Bertz CT molecular complexity index is 948. The zero-order valence-electron chi connectivity index (χ0n) is 15.7. The van der Waals surface area contributed by atoms with Crippen molar-refractivity contribution in [2.45, 2.75) is 26.0 Å². The Morgan fingerprint density at radius 2 is 1.86 bits per heavy atom. The number of carbonyl (C=O) groups is 1. The Hall–Kier alpha value is -2.99. The number of pyridine rings is 1. The molecule has 3 aromatic rings. The molecule has 0 fully saturated rings. The number of carbonyl (C=O) groups excluding carboxylic acids is 1. The fraction of sp³-hybridized carbons (Fsp3) is 0.182. The molecule has 0 saturated carbocycles. The van der Waals surface area contributed by atoms with E-state index in [1.54, 1.807) is 37.4 Å². The summed E-state index contributed by atoms with van der Waals surface area (Å²) in [4.78, 5) is 18.9. The number of rotatable bonds is 7. The van der Waals surface area contributed by atoms with Crippen LogP contribution in [0.1, 0.15) is 18.9 Å². The molecule has 0 N–H and O–H groups in total. The van der Waals surface area contributed by atoms with E-state index in [9.17, 15) is 13.6 Å². The van der Waals surface area contributed by atoms with E-state index in [1.165, 1.54) is 41.3 Å². The summed E-state index contributed by atoms with van der Waals surface area (Å²) in [5, 5.41) is 0.214. The van der Waals surface area contributed by atoms with Crippen molar-refractivity contribution < 1.29 is 18.3 Å². The summed E-state index contributed by atoms with van der Waals surface area (Å²) in [5.41, 5.74) is 0.185. The van der Waals surface area contributed by atoms with Gasteiger partial charge in [0.1, 0.15) is 23.2 Å². The Morgan fingerprint density at radius 1 is 1.10 bits per heavy atom. The first-order chi connectivity index (χ1) is 14.0. The second-order valence-corrected chi connectivity index (χ2v) is 6.69. The highest BCUT2D eigenvalue weighted by atomic mass is 35.5. The molecule has 1 atom stereocenters. The van der Waals surface area contributed by atoms with Crippen LogP contribution in [0, 0.1) is 11.6 Å². The molecule has 0 saturated heterocycles. The van der Waals surface area contributed by atoms with Crippen LogP contribution < -0.4 is 9.64 Å². The summed E-state index contributed by atoms with van der Waals surface area (Å²) < 4.78 is 33.3. The number of nitrogens with zero attached hydrogens (tertiary/aromatic N) is 2. The molecule has 2 aromatic carbocycles. The topological polar surface area (TPSA) is 42.4 Å². The van der Waals surface area contributed by atoms with Gasteiger partial charge in [0.25, 0.3) is 5.91 Å². The predicted molar refractivity (Wildman–Crippen MR) is 108 cm³/mol. The molecular formula is C22H19ClF2N2O2. The first-order valence-electron chi connectivity index (χ1n) is 9.07. The van der Waals surface area contributed by atoms with Crippen LogP contribution in [-0.2, 0) is 11.3 Å². The zero-order chi connectivity index (χ0) is 20.8. The second kappa shape index (κ2) is 9.47. The normalized spacial score (nSPS) is 11.7. The van der Waals surface area contributed by atoms with Crippen molar-refractivity contribution in [3.63, 3.8) is 0 Å². The van der Waals surface area contributed by atoms with Gasteiger partial charge < -0.3 is 4.74 Å². The van der Waals surface area contributed by atoms with Crippen molar-refractivity contribution in [3.8, 4) is 5.75 Å². The molecule has 0 radical (unpaired) electrons. The first kappa shape index (κ1) is 20.7. The molecule has 1 amide bonds. The van der Waals surface area contributed by atoms with Gasteiger partial charge in [0.15, 0.2) is 6.10 Å². The Balaban J connectivity index is 1.92. The van der Waals surface area contributed by atoms with Crippen molar-refractivity contribution in [2.24, 2.45) is 0 Å². The number of anilines is 1. The summed E-state index contributed by atoms with van der Waals surface area (Å²) in [7, 11) is 0. The van der Waals surface area contributed by atoms with Crippen LogP contribution in [0.3, 0.4) is 0 Å². The van der Waals surface area contributed by atoms with Crippen molar-refractivity contribution in [2.75, 3.05) is 4.90 Å². The number of amides is 1. The maximum absolute atomic E-state index is 14.3. The third kappa shape index (κ3) is 5.09. The summed E-state index contributed by atoms with van der Waals surface area (Å²) in [6.07, 6.45) is 1.03. The van der Waals surface area contributed by atoms with Crippen molar-refractivity contribution in [3.05, 3.63) is 89.1 Å². The van der Waals surface area contributed by atoms with Gasteiger partial charge in [0, 0.05) is 16.8 Å². The lowest BCUT2D eigenvalue weighted by atomic mass is 10.1. The van der Waals surface area contributed by atoms with Gasteiger partial charge in [0.05, 0.1) is 6.54 Å². The van der Waals surface area contributed by atoms with Gasteiger partial charge in [-0.1, -0.05) is 30.7 Å². The van der Waals surface area contributed by atoms with E-state index >= 15 is 0 Å². The summed E-state index contributed by atoms with van der Waals surface area (Å²) in [5.74, 6) is -0.621. The maximum Gasteiger partial charge on any atom is 0.269 e. The fourth-order valence-electron chi connectivity index (χ4n) is 2.79. The van der Waals surface area contributed by atoms with E-state index in [2.05, 4.69) is 4.98 Å². The van der Waals surface area contributed by atoms with E-state index in [-0.39, 0.29) is 17.1 Å². The van der Waals surface area contributed by atoms with E-state index in [0.29, 0.717) is 18.0 Å². The van der Waals surface area contributed by atoms with Crippen LogP contribution in [0.2, 0.25) is 5.02 Å². The van der Waals surface area contributed by atoms with Gasteiger partial charge in [-0.2, -0.15) is 0 Å². The monoisotopic (exact) mass is 416 g/mol. The highest BCUT2D eigenvalue weighted by Crippen LogP contribution is 2.25. The van der Waals surface area contributed by atoms with E-state index < -0.39 is 23.6 Å². The second-order valence-electron chi connectivity index (χ2n) is 6.28. The van der Waals surface area contributed by atoms with E-state index in [1.807, 2.05) is 0 Å². The van der Waals surface area contributed by atoms with Gasteiger partial charge in [-0.15, -0.1) is 0 Å². The summed E-state index contributed by atoms with van der Waals surface area (Å²) in [6.45, 7) is 1.68. The minimum absolute atomic E-state index is 0.107. The van der Waals surface area contributed by atoms with Crippen LogP contribution in [-0.4, -0.2) is 17.0 Å². The van der Waals surface area contributed by atoms with Crippen molar-refractivity contribution in [1.29, 1.82) is 0 Å². The van der Waals surface area contributed by atoms with Crippen LogP contribution in [0.25, 0.3) is 0 Å². The third-order valence-electron chi connectivity index (χ3n) is 4.31. The average molecular weight is 417 g/mol. The molecule has 1 aromatic heterocycles. The number of halogens is 3. The third-order valence-corrected chi connectivity index (χ3v) is 4.66. The highest BCUT2D eigenvalue weighted by Gasteiger charge is 2.28. The van der Waals surface area contributed by atoms with Gasteiger partial charge in [-0.25, -0.2) is 13.8 Å². The number of hydrogen-bond donors (Lipinski definition) is 0. The quantitative estimate of drug-likeness (QED) is 0.517. The van der Waals surface area contributed by atoms with Crippen molar-refractivity contribution >= 4 is 23.3 Å². The van der Waals surface area contributed by atoms with Crippen molar-refractivity contribution in [1.82, 2.24) is 4.98 Å². The molecule has 0 aliphatic heterocycles. The molecule has 150 valence electrons. The number of aromatic nitrogens is 1. The molecular weight excluding hydrogens is 398 g/mol. The number of ether oxygens (including phenoxy) is 1. The predicted octanol–water partition coefficient (Wildman–Crippen LogP) is 5.40. The SMILES string of the molecule is CC[C@H](Oc1ccc(F)cc1)C(=O)N(Cc1c(F)cccc1Cl)c1ccccn1. The van der Waals surface area contributed by atoms with Crippen LogP contribution in [0.15, 0.2) is 66.9 Å². The molecule has 1 heterocycles. The molecule has 29 heavy (non-hydrogen) atoms. The van der Waals surface area contributed by atoms with Gasteiger partial charge >= 0.3 is 0 Å². The molecule has 4 nitrogen and oxygen atoms in total. The van der Waals surface area contributed by atoms with Crippen LogP contribution in [0.4, 0.5) is 14.6 Å². The zero-order valence-corrected chi connectivity index (χ0v) is 16.4. The Labute approximate surface area is 172 Å². The largest absolute Gasteiger partial charge is 0.481 e. The lowest BCUT2D eigenvalue weighted by Crippen LogP contribution is -2.42. The summed E-state index contributed by atoms with van der Waals surface area (Å²) >= 11 is 6.16. The van der Waals surface area contributed by atoms with E-state index in [0.717, 1.165) is 0 Å². The Kier molecular flexibility index (Phi) is 6.77. The first-order valence-corrected chi connectivity index (χ1v) is 9.45. The summed E-state index contributed by atoms with van der Waals surface area (Å²) in [6, 6.07) is 14.8. The van der Waals surface area contributed by atoms with Gasteiger partial charge in [-0.3, -0.25) is 9.69 Å². The molecule has 7 heteroatoms. The molecule has 0 aliphatic rings.